The number of benzene rings is 1. The van der Waals surface area contributed by atoms with Gasteiger partial charge in [0, 0.05) is 0 Å². The van der Waals surface area contributed by atoms with E-state index in [1.54, 1.807) is 7.11 Å². The monoisotopic (exact) mass is 306 g/mol. The third-order valence-corrected chi connectivity index (χ3v) is 3.92. The smallest absolute Gasteiger partial charge is 0.364 e. The number of methoxy groups -OCH3 is 1. The lowest BCUT2D eigenvalue weighted by Crippen LogP contribution is -2.00. The predicted molar refractivity (Wildman–Crippen MR) is 86.1 cm³/mol. The third-order valence-electron chi connectivity index (χ3n) is 3.92. The molecule has 1 N–H and O–H groups in total. The fourth-order valence-electron chi connectivity index (χ4n) is 2.39. The number of ether oxygens (including phenoxy) is 1. The minimum absolute atomic E-state index is 0.747. The van der Waals surface area contributed by atoms with E-state index in [0.717, 1.165) is 35.8 Å². The van der Waals surface area contributed by atoms with Gasteiger partial charge in [-0.1, -0.05) is 11.6 Å². The van der Waals surface area contributed by atoms with Crippen LogP contribution in [0.1, 0.15) is 35.6 Å². The van der Waals surface area contributed by atoms with E-state index in [9.17, 15) is 9.18 Å². The van der Waals surface area contributed by atoms with Crippen LogP contribution >= 0.6 is 0 Å². The summed E-state index contributed by atoms with van der Waals surface area (Å²) in [7, 11) is 1.66. The van der Waals surface area contributed by atoms with Gasteiger partial charge in [0.05, 0.1) is 7.11 Å². The minimum Gasteiger partial charge on any atom is -0.496 e. The summed E-state index contributed by atoms with van der Waals surface area (Å²) < 4.78 is 18.3. The Hall–Kier alpha value is -2.10. The number of carboxylic acid groups (broad SMARTS) is 1. The van der Waals surface area contributed by atoms with E-state index in [4.69, 9.17) is 9.84 Å². The molecule has 0 radical (unpaired) electrons. The van der Waals surface area contributed by atoms with Crippen molar-refractivity contribution in [1.82, 2.24) is 0 Å². The molecule has 0 bridgehead atoms. The molecule has 1 aromatic carbocycles. The lowest BCUT2D eigenvalue weighted by Gasteiger charge is -2.16. The molecule has 0 aliphatic rings. The van der Waals surface area contributed by atoms with Crippen LogP contribution in [-0.2, 0) is 11.2 Å². The van der Waals surface area contributed by atoms with Gasteiger partial charge in [-0.25, -0.2) is 4.79 Å². The first-order valence-electron chi connectivity index (χ1n) is 7.17. The minimum atomic E-state index is -1.54. The van der Waals surface area contributed by atoms with E-state index in [-0.39, 0.29) is 0 Å². The second-order valence-corrected chi connectivity index (χ2v) is 5.46. The Bertz CT molecular complexity index is 628. The maximum absolute atomic E-state index is 12.9. The van der Waals surface area contributed by atoms with Crippen molar-refractivity contribution in [3.05, 3.63) is 51.9 Å². The normalized spacial score (nSPS) is 12.5. The average Bonchev–Trinajstić information content (AvgIpc) is 2.47. The highest BCUT2D eigenvalue weighted by atomic mass is 19.1. The molecule has 3 nitrogen and oxygen atoms in total. The number of allylic oxidation sites excluding steroid dienone is 3. The summed E-state index contributed by atoms with van der Waals surface area (Å²) in [6, 6.07) is 2.03. The molecule has 0 unspecified atom stereocenters. The maximum atomic E-state index is 12.9. The van der Waals surface area contributed by atoms with Gasteiger partial charge in [-0.2, -0.15) is 4.39 Å². The summed E-state index contributed by atoms with van der Waals surface area (Å²) in [5.41, 5.74) is 5.69. The summed E-state index contributed by atoms with van der Waals surface area (Å²) in [6.07, 6.45) is 4.09. The molecule has 0 saturated heterocycles. The largest absolute Gasteiger partial charge is 0.496 e. The summed E-state index contributed by atoms with van der Waals surface area (Å²) >= 11 is 0. The van der Waals surface area contributed by atoms with Gasteiger partial charge in [0.25, 0.3) is 0 Å². The molecule has 1 aromatic rings. The Morgan fingerprint density at radius 1 is 1.27 bits per heavy atom. The van der Waals surface area contributed by atoms with Crippen LogP contribution in [0.5, 0.6) is 5.75 Å². The lowest BCUT2D eigenvalue weighted by atomic mass is 9.93. The molecule has 4 heteroatoms. The Kier molecular flexibility index (Phi) is 6.35. The zero-order valence-electron chi connectivity index (χ0n) is 13.8. The number of rotatable bonds is 6. The molecule has 0 aliphatic carbocycles. The van der Waals surface area contributed by atoms with Gasteiger partial charge in [0.15, 0.2) is 0 Å². The van der Waals surface area contributed by atoms with Gasteiger partial charge in [-0.15, -0.1) is 0 Å². The van der Waals surface area contributed by atoms with E-state index in [2.05, 4.69) is 6.92 Å². The standard InChI is InChI=1S/C18H23FO3/c1-11(7-9-16(19)18(20)21)6-8-15-12(2)10-17(22-5)14(4)13(15)3/h7,9-10H,6,8H2,1-5H3,(H,20,21). The number of halogens is 1. The number of aliphatic carboxylic acids is 1. The van der Waals surface area contributed by atoms with Gasteiger partial charge in [0.2, 0.25) is 5.83 Å². The van der Waals surface area contributed by atoms with E-state index in [1.165, 1.54) is 22.8 Å². The van der Waals surface area contributed by atoms with Crippen molar-refractivity contribution in [3.8, 4) is 5.75 Å². The second kappa shape index (κ2) is 7.78. The first-order valence-corrected chi connectivity index (χ1v) is 7.17. The molecule has 22 heavy (non-hydrogen) atoms. The Morgan fingerprint density at radius 3 is 2.45 bits per heavy atom. The van der Waals surface area contributed by atoms with Crippen LogP contribution in [-0.4, -0.2) is 18.2 Å². The topological polar surface area (TPSA) is 46.5 Å². The van der Waals surface area contributed by atoms with Crippen LogP contribution in [0, 0.1) is 20.8 Å². The van der Waals surface area contributed by atoms with Crippen LogP contribution in [0.2, 0.25) is 0 Å². The van der Waals surface area contributed by atoms with Gasteiger partial charge in [-0.05, 0) is 74.9 Å². The molecule has 0 spiro atoms. The molecule has 0 saturated carbocycles. The highest BCUT2D eigenvalue weighted by molar-refractivity contribution is 5.84. The summed E-state index contributed by atoms with van der Waals surface area (Å²) in [6.45, 7) is 8.02. The lowest BCUT2D eigenvalue weighted by molar-refractivity contribution is -0.134. The number of hydrogen-bond acceptors (Lipinski definition) is 2. The zero-order valence-corrected chi connectivity index (χ0v) is 13.8. The molecule has 120 valence electrons. The van der Waals surface area contributed by atoms with Crippen molar-refractivity contribution in [2.24, 2.45) is 0 Å². The SMILES string of the molecule is COc1cc(C)c(CCC(C)=CC=C(F)C(=O)O)c(C)c1C. The molecule has 0 aliphatic heterocycles. The second-order valence-electron chi connectivity index (χ2n) is 5.46. The molecular formula is C18H23FO3. The number of aryl methyl sites for hydroxylation is 1. The molecule has 0 atom stereocenters. The van der Waals surface area contributed by atoms with Crippen LogP contribution in [0.4, 0.5) is 4.39 Å². The Labute approximate surface area is 131 Å². The third kappa shape index (κ3) is 4.45. The predicted octanol–water partition coefficient (Wildman–Crippen LogP) is 4.44. The summed E-state index contributed by atoms with van der Waals surface area (Å²) in [5.74, 6) is -1.80. The van der Waals surface area contributed by atoms with Crippen LogP contribution in [0.3, 0.4) is 0 Å². The Morgan fingerprint density at radius 2 is 1.91 bits per heavy atom. The maximum Gasteiger partial charge on any atom is 0.364 e. The highest BCUT2D eigenvalue weighted by Gasteiger charge is 2.10. The van der Waals surface area contributed by atoms with Crippen molar-refractivity contribution in [3.63, 3.8) is 0 Å². The molecule has 1 rings (SSSR count). The average molecular weight is 306 g/mol. The van der Waals surface area contributed by atoms with E-state index >= 15 is 0 Å². The van der Waals surface area contributed by atoms with Gasteiger partial charge < -0.3 is 9.84 Å². The zero-order chi connectivity index (χ0) is 16.9. The number of carboxylic acids is 1. The number of hydrogen-bond donors (Lipinski definition) is 1. The highest BCUT2D eigenvalue weighted by Crippen LogP contribution is 2.28. The van der Waals surface area contributed by atoms with Crippen LogP contribution in [0.25, 0.3) is 0 Å². The first kappa shape index (κ1) is 18.0. The van der Waals surface area contributed by atoms with Crippen molar-refractivity contribution >= 4 is 5.97 Å². The first-order chi connectivity index (χ1) is 10.3. The molecular weight excluding hydrogens is 283 g/mol. The van der Waals surface area contributed by atoms with E-state index in [1.807, 2.05) is 26.8 Å². The molecule has 0 heterocycles. The van der Waals surface area contributed by atoms with Crippen molar-refractivity contribution in [2.45, 2.75) is 40.5 Å². The molecule has 0 amide bonds. The van der Waals surface area contributed by atoms with Crippen LogP contribution in [0.15, 0.2) is 29.6 Å². The van der Waals surface area contributed by atoms with Crippen molar-refractivity contribution in [2.75, 3.05) is 7.11 Å². The van der Waals surface area contributed by atoms with Crippen molar-refractivity contribution < 1.29 is 19.0 Å². The quantitative estimate of drug-likeness (QED) is 0.624. The van der Waals surface area contributed by atoms with E-state index in [0.29, 0.717) is 0 Å². The van der Waals surface area contributed by atoms with Crippen molar-refractivity contribution in [1.29, 1.82) is 0 Å². The van der Waals surface area contributed by atoms with Gasteiger partial charge in [-0.3, -0.25) is 0 Å². The fourth-order valence-corrected chi connectivity index (χ4v) is 2.39. The van der Waals surface area contributed by atoms with E-state index < -0.39 is 11.8 Å². The summed E-state index contributed by atoms with van der Waals surface area (Å²) in [4.78, 5) is 10.4. The summed E-state index contributed by atoms with van der Waals surface area (Å²) in [5, 5.41) is 8.47. The fraction of sp³-hybridized carbons (Fsp3) is 0.389. The van der Waals surface area contributed by atoms with Gasteiger partial charge >= 0.3 is 5.97 Å². The molecule has 0 aromatic heterocycles. The Balaban J connectivity index is 2.89. The molecule has 0 fully saturated rings. The van der Waals surface area contributed by atoms with Crippen LogP contribution < -0.4 is 4.74 Å². The van der Waals surface area contributed by atoms with Gasteiger partial charge in [0.1, 0.15) is 5.75 Å². The number of carbonyl (C=O) groups is 1.